The molecule has 0 aliphatic rings. The zero-order valence-corrected chi connectivity index (χ0v) is 31.5. The molecule has 0 fully saturated rings. The Labute approximate surface area is 292 Å². The lowest BCUT2D eigenvalue weighted by Crippen LogP contribution is -2.37. The number of carbonyl (C=O) groups excluding carboxylic acids is 2. The number of nitrogens with zero attached hydrogens (tertiary/aromatic N) is 1. The molecule has 1 unspecified atom stereocenters. The second kappa shape index (κ2) is 30.7. The molecule has 0 aliphatic carbocycles. The monoisotopic (exact) mass is 695 g/mol. The first-order valence-corrected chi connectivity index (χ1v) is 19.5. The molecule has 0 aromatic rings. The molecule has 0 saturated carbocycles. The number of likely N-dealkylation sites (N-methyl/N-ethyl adjacent to an activating group) is 1. The Morgan fingerprint density at radius 1 is 0.667 bits per heavy atom. The summed E-state index contributed by atoms with van der Waals surface area (Å²) in [7, 11) is 1.12. The van der Waals surface area contributed by atoms with Gasteiger partial charge < -0.3 is 27.9 Å². The van der Waals surface area contributed by atoms with E-state index in [1.54, 1.807) is 0 Å². The van der Waals surface area contributed by atoms with Crippen LogP contribution < -0.4 is 4.89 Å². The Morgan fingerprint density at radius 3 is 1.75 bits per heavy atom. The molecule has 0 aromatic heterocycles. The lowest BCUT2D eigenvalue weighted by atomic mass is 10.1. The number of unbranched alkanes of at least 4 members (excludes halogenated alkanes) is 7. The summed E-state index contributed by atoms with van der Waals surface area (Å²) < 4.78 is 33.5. The average molecular weight is 696 g/mol. The highest BCUT2D eigenvalue weighted by molar-refractivity contribution is 7.45. The van der Waals surface area contributed by atoms with Gasteiger partial charge >= 0.3 is 11.9 Å². The van der Waals surface area contributed by atoms with Crippen molar-refractivity contribution in [2.75, 3.05) is 47.5 Å². The Hall–Kier alpha value is -2.29. The molecular weight excluding hydrogens is 629 g/mol. The first-order valence-electron chi connectivity index (χ1n) is 18.0. The standard InChI is InChI=1S/C38H66NO8P/c1-6-8-10-12-14-15-16-17-18-19-20-21-22-23-25-27-29-31-38(41)47-36(35-46-48(42,43)45-33-32-39(3,4)5)34-44-37(40)30-28-26-24-13-11-9-7-2/h8,10,14-15,17-18,20-21,23,25,36H,6-7,9,11-13,16,19,22,24,26-35H2,1-5H3/b10-8+,15-14+,18-17+,21-20+,25-23+/t36-/m1/s1. The van der Waals surface area contributed by atoms with Crippen LogP contribution in [0.5, 0.6) is 0 Å². The van der Waals surface area contributed by atoms with Gasteiger partial charge in [0.25, 0.3) is 7.82 Å². The van der Waals surface area contributed by atoms with Crippen molar-refractivity contribution in [1.82, 2.24) is 0 Å². The van der Waals surface area contributed by atoms with Gasteiger partial charge in [0.15, 0.2) is 6.10 Å². The van der Waals surface area contributed by atoms with Crippen molar-refractivity contribution < 1.29 is 42.1 Å². The van der Waals surface area contributed by atoms with Gasteiger partial charge in [0.2, 0.25) is 0 Å². The molecule has 0 amide bonds. The minimum absolute atomic E-state index is 0.0437. The van der Waals surface area contributed by atoms with E-state index in [-0.39, 0.29) is 26.1 Å². The SMILES string of the molecule is CC/C=C/C/C=C/C/C=C/C/C=C/C/C=C/CCCC(=O)O[C@H](COC(=O)CCCCCCCCC)COP(=O)([O-])OCC[N+](C)(C)C. The van der Waals surface area contributed by atoms with Crippen molar-refractivity contribution >= 4 is 19.8 Å². The van der Waals surface area contributed by atoms with Crippen LogP contribution in [0.4, 0.5) is 0 Å². The smallest absolute Gasteiger partial charge is 0.306 e. The van der Waals surface area contributed by atoms with E-state index in [2.05, 4.69) is 68.5 Å². The maximum atomic E-state index is 12.5. The average Bonchev–Trinajstić information content (AvgIpc) is 3.02. The predicted octanol–water partition coefficient (Wildman–Crippen LogP) is 8.71. The molecule has 0 N–H and O–H groups in total. The van der Waals surface area contributed by atoms with E-state index >= 15 is 0 Å². The third-order valence-electron chi connectivity index (χ3n) is 7.05. The number of phosphoric acid groups is 1. The second-order valence-electron chi connectivity index (χ2n) is 12.9. The largest absolute Gasteiger partial charge is 0.756 e. The highest BCUT2D eigenvalue weighted by Crippen LogP contribution is 2.38. The lowest BCUT2D eigenvalue weighted by Gasteiger charge is -2.28. The van der Waals surface area contributed by atoms with Crippen LogP contribution >= 0.6 is 7.82 Å². The number of carbonyl (C=O) groups is 2. The van der Waals surface area contributed by atoms with Crippen LogP contribution in [-0.2, 0) is 32.7 Å². The molecule has 10 heteroatoms. The lowest BCUT2D eigenvalue weighted by molar-refractivity contribution is -0.870. The summed E-state index contributed by atoms with van der Waals surface area (Å²) in [6, 6.07) is 0. The van der Waals surface area contributed by atoms with Gasteiger partial charge in [-0.25, -0.2) is 0 Å². The van der Waals surface area contributed by atoms with E-state index in [0.717, 1.165) is 57.8 Å². The highest BCUT2D eigenvalue weighted by atomic mass is 31.2. The fourth-order valence-corrected chi connectivity index (χ4v) is 4.95. The van der Waals surface area contributed by atoms with Gasteiger partial charge in [-0.3, -0.25) is 14.2 Å². The quantitative estimate of drug-likeness (QED) is 0.0233. The number of ether oxygens (including phenoxy) is 2. The van der Waals surface area contributed by atoms with Crippen molar-refractivity contribution in [1.29, 1.82) is 0 Å². The van der Waals surface area contributed by atoms with Gasteiger partial charge in [0, 0.05) is 12.8 Å². The van der Waals surface area contributed by atoms with Crippen molar-refractivity contribution in [2.24, 2.45) is 0 Å². The van der Waals surface area contributed by atoms with E-state index in [4.69, 9.17) is 18.5 Å². The maximum Gasteiger partial charge on any atom is 0.306 e. The Morgan fingerprint density at radius 2 is 1.19 bits per heavy atom. The molecule has 0 heterocycles. The normalized spacial score (nSPS) is 14.5. The Bertz CT molecular complexity index is 1010. The number of esters is 2. The van der Waals surface area contributed by atoms with Crippen LogP contribution in [0.25, 0.3) is 0 Å². The first kappa shape index (κ1) is 45.7. The second-order valence-corrected chi connectivity index (χ2v) is 14.3. The fraction of sp³-hybridized carbons (Fsp3) is 0.684. The molecule has 276 valence electrons. The maximum absolute atomic E-state index is 12.5. The van der Waals surface area contributed by atoms with E-state index < -0.39 is 32.5 Å². The van der Waals surface area contributed by atoms with Crippen molar-refractivity contribution in [2.45, 2.75) is 123 Å². The van der Waals surface area contributed by atoms with Gasteiger partial charge in [-0.05, 0) is 51.4 Å². The zero-order chi connectivity index (χ0) is 35.8. The van der Waals surface area contributed by atoms with Gasteiger partial charge in [0.05, 0.1) is 27.7 Å². The summed E-state index contributed by atoms with van der Waals surface area (Å²) in [5.41, 5.74) is 0. The van der Waals surface area contributed by atoms with Crippen LogP contribution in [-0.4, -0.2) is 70.0 Å². The third kappa shape index (κ3) is 33.6. The fourth-order valence-electron chi connectivity index (χ4n) is 4.22. The highest BCUT2D eigenvalue weighted by Gasteiger charge is 2.21. The van der Waals surface area contributed by atoms with E-state index in [9.17, 15) is 19.0 Å². The van der Waals surface area contributed by atoms with Crippen LogP contribution in [0.2, 0.25) is 0 Å². The van der Waals surface area contributed by atoms with E-state index in [1.165, 1.54) is 19.3 Å². The summed E-state index contributed by atoms with van der Waals surface area (Å²) in [5.74, 6) is -0.918. The molecule has 9 nitrogen and oxygen atoms in total. The van der Waals surface area contributed by atoms with Crippen molar-refractivity contribution in [3.05, 3.63) is 60.8 Å². The van der Waals surface area contributed by atoms with Gasteiger partial charge in [-0.15, -0.1) is 0 Å². The number of rotatable bonds is 31. The Kier molecular flexibility index (Phi) is 29.3. The molecule has 0 rings (SSSR count). The topological polar surface area (TPSA) is 111 Å². The summed E-state index contributed by atoms with van der Waals surface area (Å²) in [6.07, 6.45) is 34.2. The molecule has 0 bridgehead atoms. The molecule has 0 aromatic carbocycles. The van der Waals surface area contributed by atoms with Crippen LogP contribution in [0.3, 0.4) is 0 Å². The van der Waals surface area contributed by atoms with Crippen LogP contribution in [0, 0.1) is 0 Å². The van der Waals surface area contributed by atoms with E-state index in [1.807, 2.05) is 27.2 Å². The van der Waals surface area contributed by atoms with Gasteiger partial charge in [-0.1, -0.05) is 113 Å². The number of allylic oxidation sites excluding steroid dienone is 10. The predicted molar refractivity (Wildman–Crippen MR) is 194 cm³/mol. The Balaban J connectivity index is 4.55. The molecule has 0 saturated heterocycles. The van der Waals surface area contributed by atoms with Crippen molar-refractivity contribution in [3.8, 4) is 0 Å². The van der Waals surface area contributed by atoms with Gasteiger partial charge in [0.1, 0.15) is 19.8 Å². The molecule has 48 heavy (non-hydrogen) atoms. The third-order valence-corrected chi connectivity index (χ3v) is 8.02. The number of phosphoric ester groups is 1. The molecule has 2 atom stereocenters. The summed E-state index contributed by atoms with van der Waals surface area (Å²) in [5, 5.41) is 0. The number of hydrogen-bond donors (Lipinski definition) is 0. The first-order chi connectivity index (χ1) is 23.0. The molecule has 0 radical (unpaired) electrons. The summed E-state index contributed by atoms with van der Waals surface area (Å²) in [4.78, 5) is 37.1. The van der Waals surface area contributed by atoms with Gasteiger partial charge in [-0.2, -0.15) is 0 Å². The van der Waals surface area contributed by atoms with Crippen LogP contribution in [0.15, 0.2) is 60.8 Å². The molecule has 0 spiro atoms. The molecular formula is C38H66NO8P. The van der Waals surface area contributed by atoms with Crippen molar-refractivity contribution in [3.63, 3.8) is 0 Å². The minimum Gasteiger partial charge on any atom is -0.756 e. The summed E-state index contributed by atoms with van der Waals surface area (Å²) >= 11 is 0. The number of quaternary nitrogens is 1. The van der Waals surface area contributed by atoms with E-state index in [0.29, 0.717) is 23.9 Å². The number of hydrogen-bond acceptors (Lipinski definition) is 8. The zero-order valence-electron chi connectivity index (χ0n) is 30.7. The minimum atomic E-state index is -4.63. The van der Waals surface area contributed by atoms with Crippen LogP contribution in [0.1, 0.15) is 117 Å². The summed E-state index contributed by atoms with van der Waals surface area (Å²) in [6.45, 7) is 3.95. The molecule has 0 aliphatic heterocycles.